The molecular formula is C60H40N4O. The Bertz CT molecular complexity index is 3860. The molecule has 0 saturated heterocycles. The molecule has 3 aromatic heterocycles. The molecule has 0 atom stereocenters. The number of rotatable bonds is 6. The van der Waals surface area contributed by atoms with E-state index in [4.69, 9.17) is 19.4 Å². The average molecular weight is 833 g/mol. The first kappa shape index (κ1) is 37.2. The van der Waals surface area contributed by atoms with E-state index < -0.39 is 0 Å². The van der Waals surface area contributed by atoms with E-state index in [2.05, 4.69) is 194 Å². The summed E-state index contributed by atoms with van der Waals surface area (Å²) in [6.45, 7) is 4.62. The molecule has 9 aromatic carbocycles. The van der Waals surface area contributed by atoms with Gasteiger partial charge in [-0.2, -0.15) is 0 Å². The van der Waals surface area contributed by atoms with Crippen LogP contribution in [0.2, 0.25) is 0 Å². The molecule has 0 saturated carbocycles. The van der Waals surface area contributed by atoms with Crippen molar-refractivity contribution in [2.24, 2.45) is 0 Å². The number of hydrogen-bond donors (Lipinski definition) is 0. The van der Waals surface area contributed by atoms with Crippen molar-refractivity contribution in [1.29, 1.82) is 0 Å². The van der Waals surface area contributed by atoms with Crippen LogP contribution < -0.4 is 0 Å². The smallest absolute Gasteiger partial charge is 0.164 e. The van der Waals surface area contributed by atoms with Gasteiger partial charge in [0, 0.05) is 49.2 Å². The van der Waals surface area contributed by atoms with E-state index in [1.54, 1.807) is 0 Å². The van der Waals surface area contributed by atoms with Gasteiger partial charge in [-0.1, -0.05) is 184 Å². The molecule has 0 fully saturated rings. The third-order valence-electron chi connectivity index (χ3n) is 13.5. The minimum absolute atomic E-state index is 0.162. The van der Waals surface area contributed by atoms with Gasteiger partial charge in [0.25, 0.3) is 0 Å². The second kappa shape index (κ2) is 14.3. The summed E-state index contributed by atoms with van der Waals surface area (Å²) in [4.78, 5) is 15.9. The predicted molar refractivity (Wildman–Crippen MR) is 266 cm³/mol. The fourth-order valence-corrected chi connectivity index (χ4v) is 10.4. The second-order valence-electron chi connectivity index (χ2n) is 17.5. The highest BCUT2D eigenvalue weighted by molar-refractivity contribution is 6.17. The summed E-state index contributed by atoms with van der Waals surface area (Å²) in [5.74, 6) is 1.89. The number of para-hydroxylation sites is 2. The van der Waals surface area contributed by atoms with Crippen LogP contribution in [0.5, 0.6) is 0 Å². The van der Waals surface area contributed by atoms with Gasteiger partial charge in [-0.05, 0) is 75.3 Å². The zero-order valence-corrected chi connectivity index (χ0v) is 35.8. The fraction of sp³-hybridized carbons (Fsp3) is 0.0500. The van der Waals surface area contributed by atoms with Crippen molar-refractivity contribution in [2.45, 2.75) is 19.3 Å². The maximum atomic E-state index is 6.41. The molecule has 3 heterocycles. The van der Waals surface area contributed by atoms with E-state index in [9.17, 15) is 0 Å². The van der Waals surface area contributed by atoms with Crippen LogP contribution in [0.1, 0.15) is 25.0 Å². The van der Waals surface area contributed by atoms with Crippen LogP contribution in [-0.4, -0.2) is 19.5 Å². The number of nitrogens with zero attached hydrogens (tertiary/aromatic N) is 4. The molecule has 0 N–H and O–H groups in total. The molecule has 0 unspecified atom stereocenters. The monoisotopic (exact) mass is 832 g/mol. The van der Waals surface area contributed by atoms with Crippen LogP contribution in [0.3, 0.4) is 0 Å². The average Bonchev–Trinajstić information content (AvgIpc) is 3.99. The van der Waals surface area contributed by atoms with Crippen LogP contribution in [0.25, 0.3) is 117 Å². The number of furan rings is 1. The maximum absolute atomic E-state index is 6.41. The standard InChI is InChI=1S/C60H40N4O/c1-60(2)48-26-12-9-22-45(48)55-47(25-15-27-49(55)60)59-62-57(38-19-7-4-8-20-38)61-58(63-59)40-32-33-41(37-17-5-3-6-18-37)52(35-40)64-50-28-13-10-23-46(50)56-42(24-16-29-51(56)64)39-31-34-44-43-21-11-14-30-53(43)65-54(44)36-39/h3-36H,1-2H3. The molecule has 5 heteroatoms. The summed E-state index contributed by atoms with van der Waals surface area (Å²) >= 11 is 0. The maximum Gasteiger partial charge on any atom is 0.164 e. The van der Waals surface area contributed by atoms with Gasteiger partial charge in [-0.15, -0.1) is 0 Å². The number of hydrogen-bond acceptors (Lipinski definition) is 4. The van der Waals surface area contributed by atoms with Crippen molar-refractivity contribution in [3.05, 3.63) is 217 Å². The van der Waals surface area contributed by atoms with Crippen LogP contribution in [-0.2, 0) is 5.41 Å². The fourth-order valence-electron chi connectivity index (χ4n) is 10.4. The van der Waals surface area contributed by atoms with Crippen molar-refractivity contribution in [3.63, 3.8) is 0 Å². The summed E-state index contributed by atoms with van der Waals surface area (Å²) in [6.07, 6.45) is 0. The summed E-state index contributed by atoms with van der Waals surface area (Å²) < 4.78 is 8.83. The van der Waals surface area contributed by atoms with Crippen LogP contribution >= 0.6 is 0 Å². The van der Waals surface area contributed by atoms with Gasteiger partial charge >= 0.3 is 0 Å². The number of fused-ring (bicyclic) bond motifs is 9. The second-order valence-corrected chi connectivity index (χ2v) is 17.5. The summed E-state index contributed by atoms with van der Waals surface area (Å²) in [7, 11) is 0. The highest BCUT2D eigenvalue weighted by Crippen LogP contribution is 2.52. The van der Waals surface area contributed by atoms with E-state index in [1.165, 1.54) is 33.0 Å². The number of aromatic nitrogens is 4. The highest BCUT2D eigenvalue weighted by atomic mass is 16.3. The summed E-state index contributed by atoms with van der Waals surface area (Å²) in [5, 5.41) is 4.59. The first-order chi connectivity index (χ1) is 32.0. The van der Waals surface area contributed by atoms with Crippen molar-refractivity contribution in [1.82, 2.24) is 19.5 Å². The Morgan fingerprint density at radius 3 is 1.83 bits per heavy atom. The first-order valence-corrected chi connectivity index (χ1v) is 22.2. The molecule has 12 aromatic rings. The minimum atomic E-state index is -0.162. The molecule has 1 aliphatic rings. The minimum Gasteiger partial charge on any atom is -0.456 e. The lowest BCUT2D eigenvalue weighted by Crippen LogP contribution is -2.14. The molecule has 0 aliphatic heterocycles. The van der Waals surface area contributed by atoms with Crippen molar-refractivity contribution >= 4 is 43.7 Å². The molecule has 0 spiro atoms. The van der Waals surface area contributed by atoms with Gasteiger partial charge in [0.1, 0.15) is 11.2 Å². The lowest BCUT2D eigenvalue weighted by molar-refractivity contribution is 0.660. The van der Waals surface area contributed by atoms with E-state index in [0.717, 1.165) is 77.6 Å². The zero-order chi connectivity index (χ0) is 43.2. The third-order valence-corrected chi connectivity index (χ3v) is 13.5. The Labute approximate surface area is 376 Å². The number of benzene rings is 9. The van der Waals surface area contributed by atoms with E-state index in [1.807, 2.05) is 30.3 Å². The van der Waals surface area contributed by atoms with Gasteiger partial charge in [-0.3, -0.25) is 0 Å². The van der Waals surface area contributed by atoms with E-state index in [0.29, 0.717) is 17.5 Å². The van der Waals surface area contributed by atoms with Crippen LogP contribution in [0.4, 0.5) is 0 Å². The Morgan fingerprint density at radius 2 is 0.985 bits per heavy atom. The lowest BCUT2D eigenvalue weighted by atomic mass is 9.82. The van der Waals surface area contributed by atoms with Gasteiger partial charge in [-0.25, -0.2) is 15.0 Å². The molecule has 0 bridgehead atoms. The summed E-state index contributed by atoms with van der Waals surface area (Å²) in [5.41, 5.74) is 17.1. The zero-order valence-electron chi connectivity index (χ0n) is 35.8. The first-order valence-electron chi connectivity index (χ1n) is 22.2. The lowest BCUT2D eigenvalue weighted by Gasteiger charge is -2.21. The molecule has 5 nitrogen and oxygen atoms in total. The molecular weight excluding hydrogens is 793 g/mol. The van der Waals surface area contributed by atoms with Crippen molar-refractivity contribution < 1.29 is 4.42 Å². The quantitative estimate of drug-likeness (QED) is 0.167. The highest BCUT2D eigenvalue weighted by Gasteiger charge is 2.37. The molecule has 0 amide bonds. The van der Waals surface area contributed by atoms with Crippen molar-refractivity contribution in [2.75, 3.05) is 0 Å². The Hall–Kier alpha value is -8.41. The van der Waals surface area contributed by atoms with Crippen LogP contribution in [0, 0.1) is 0 Å². The molecule has 0 radical (unpaired) electrons. The molecule has 306 valence electrons. The van der Waals surface area contributed by atoms with E-state index >= 15 is 0 Å². The van der Waals surface area contributed by atoms with Crippen molar-refractivity contribution in [3.8, 4) is 73.2 Å². The SMILES string of the molecule is CC1(C)c2ccccc2-c2c(-c3nc(-c4ccccc4)nc(-c4ccc(-c5ccccc5)c(-n5c6ccccc6c6c(-c7ccc8c(c7)oc7ccccc78)cccc65)c4)n3)cccc21. The Kier molecular flexibility index (Phi) is 8.18. The largest absolute Gasteiger partial charge is 0.456 e. The normalized spacial score (nSPS) is 12.9. The summed E-state index contributed by atoms with van der Waals surface area (Å²) in [6, 6.07) is 73.1. The molecule has 65 heavy (non-hydrogen) atoms. The molecule has 13 rings (SSSR count). The van der Waals surface area contributed by atoms with Gasteiger partial charge in [0.05, 0.1) is 16.7 Å². The van der Waals surface area contributed by atoms with Gasteiger partial charge < -0.3 is 8.98 Å². The molecule has 1 aliphatic carbocycles. The Morgan fingerprint density at radius 1 is 0.385 bits per heavy atom. The van der Waals surface area contributed by atoms with Gasteiger partial charge in [0.15, 0.2) is 17.5 Å². The topological polar surface area (TPSA) is 56.7 Å². The Balaban J connectivity index is 1.05. The van der Waals surface area contributed by atoms with E-state index in [-0.39, 0.29) is 5.41 Å². The van der Waals surface area contributed by atoms with Crippen LogP contribution in [0.15, 0.2) is 211 Å². The third kappa shape index (κ3) is 5.75. The predicted octanol–water partition coefficient (Wildman–Crippen LogP) is 15.5. The van der Waals surface area contributed by atoms with Gasteiger partial charge in [0.2, 0.25) is 0 Å².